The Balaban J connectivity index is 1.38. The maximum atomic E-state index is 12.5. The van der Waals surface area contributed by atoms with Crippen molar-refractivity contribution >= 4 is 28.4 Å². The number of anilines is 1. The normalized spacial score (nSPS) is 12.3. The van der Waals surface area contributed by atoms with Crippen LogP contribution in [0.4, 0.5) is 5.69 Å². The van der Waals surface area contributed by atoms with E-state index >= 15 is 0 Å². The molecule has 0 bridgehead atoms. The van der Waals surface area contributed by atoms with Crippen LogP contribution in [-0.2, 0) is 4.79 Å². The molecule has 4 rings (SSSR count). The van der Waals surface area contributed by atoms with Gasteiger partial charge in [-0.1, -0.05) is 0 Å². The molecule has 3 N–H and O–H groups in total. The second-order valence-corrected chi connectivity index (χ2v) is 6.57. The van der Waals surface area contributed by atoms with Crippen molar-refractivity contribution in [2.75, 3.05) is 39.3 Å². The van der Waals surface area contributed by atoms with Crippen LogP contribution in [-0.4, -0.2) is 50.8 Å². The molecule has 9 heteroatoms. The van der Waals surface area contributed by atoms with Crippen LogP contribution in [0.15, 0.2) is 36.4 Å². The first-order chi connectivity index (χ1) is 14.6. The van der Waals surface area contributed by atoms with Gasteiger partial charge in [0.2, 0.25) is 5.91 Å². The number of ether oxygens (including phenoxy) is 4. The summed E-state index contributed by atoms with van der Waals surface area (Å²) in [5.74, 6) is 1.57. The third kappa shape index (κ3) is 3.95. The quantitative estimate of drug-likeness (QED) is 0.574. The Kier molecular flexibility index (Phi) is 5.34. The summed E-state index contributed by atoms with van der Waals surface area (Å²) < 4.78 is 21.5. The molecule has 0 aliphatic carbocycles. The predicted octanol–water partition coefficient (Wildman–Crippen LogP) is 2.32. The van der Waals surface area contributed by atoms with E-state index in [0.717, 1.165) is 10.9 Å². The molecule has 9 nitrogen and oxygen atoms in total. The highest BCUT2D eigenvalue weighted by atomic mass is 16.6. The van der Waals surface area contributed by atoms with Gasteiger partial charge < -0.3 is 34.6 Å². The molecule has 0 spiro atoms. The highest BCUT2D eigenvalue weighted by molar-refractivity contribution is 6.01. The van der Waals surface area contributed by atoms with Crippen LogP contribution in [0.1, 0.15) is 10.5 Å². The SMILES string of the molecule is COc1cc2cc(C(=O)NCC(=O)Nc3ccc4c(c3)OCCO4)[nH]c2cc1OC. The number of hydrogen-bond acceptors (Lipinski definition) is 6. The first kappa shape index (κ1) is 19.4. The molecular weight excluding hydrogens is 390 g/mol. The fourth-order valence-corrected chi connectivity index (χ4v) is 3.16. The van der Waals surface area contributed by atoms with E-state index in [1.807, 2.05) is 0 Å². The van der Waals surface area contributed by atoms with Gasteiger partial charge in [0.25, 0.3) is 5.91 Å². The summed E-state index contributed by atoms with van der Waals surface area (Å²) in [6.45, 7) is 0.774. The number of carbonyl (C=O) groups excluding carboxylic acids is 2. The number of rotatable bonds is 6. The van der Waals surface area contributed by atoms with Crippen LogP contribution in [0.5, 0.6) is 23.0 Å². The molecule has 156 valence electrons. The van der Waals surface area contributed by atoms with Crippen molar-refractivity contribution in [1.29, 1.82) is 0 Å². The van der Waals surface area contributed by atoms with E-state index in [1.165, 1.54) is 0 Å². The number of amides is 2. The molecule has 0 fully saturated rings. The van der Waals surface area contributed by atoms with E-state index in [1.54, 1.807) is 50.6 Å². The summed E-state index contributed by atoms with van der Waals surface area (Å²) in [4.78, 5) is 27.7. The smallest absolute Gasteiger partial charge is 0.268 e. The lowest BCUT2D eigenvalue weighted by atomic mass is 10.2. The molecule has 0 saturated carbocycles. The van der Waals surface area contributed by atoms with Gasteiger partial charge in [-0.05, 0) is 24.3 Å². The van der Waals surface area contributed by atoms with Gasteiger partial charge in [0, 0.05) is 28.7 Å². The number of methoxy groups -OCH3 is 2. The molecule has 30 heavy (non-hydrogen) atoms. The van der Waals surface area contributed by atoms with E-state index in [2.05, 4.69) is 15.6 Å². The molecule has 1 aliphatic rings. The van der Waals surface area contributed by atoms with Crippen LogP contribution in [0, 0.1) is 0 Å². The van der Waals surface area contributed by atoms with Crippen molar-refractivity contribution in [3.63, 3.8) is 0 Å². The first-order valence-electron chi connectivity index (χ1n) is 9.30. The summed E-state index contributed by atoms with van der Waals surface area (Å²) >= 11 is 0. The molecular formula is C21H21N3O6. The van der Waals surface area contributed by atoms with Gasteiger partial charge in [0.1, 0.15) is 18.9 Å². The average molecular weight is 411 g/mol. The van der Waals surface area contributed by atoms with Gasteiger partial charge in [-0.2, -0.15) is 0 Å². The molecule has 0 saturated heterocycles. The van der Waals surface area contributed by atoms with Crippen LogP contribution in [0.2, 0.25) is 0 Å². The largest absolute Gasteiger partial charge is 0.493 e. The lowest BCUT2D eigenvalue weighted by molar-refractivity contribution is -0.115. The third-order valence-electron chi connectivity index (χ3n) is 4.60. The zero-order valence-electron chi connectivity index (χ0n) is 16.5. The van der Waals surface area contributed by atoms with Crippen molar-refractivity contribution in [2.24, 2.45) is 0 Å². The molecule has 2 aromatic carbocycles. The zero-order valence-corrected chi connectivity index (χ0v) is 16.5. The summed E-state index contributed by atoms with van der Waals surface area (Å²) in [6, 6.07) is 10.3. The van der Waals surface area contributed by atoms with Gasteiger partial charge in [-0.15, -0.1) is 0 Å². The molecule has 2 amide bonds. The van der Waals surface area contributed by atoms with Gasteiger partial charge in [-0.25, -0.2) is 0 Å². The minimum atomic E-state index is -0.401. The van der Waals surface area contributed by atoms with Gasteiger partial charge in [0.05, 0.1) is 20.8 Å². The molecule has 0 unspecified atom stereocenters. The number of carbonyl (C=O) groups is 2. The Morgan fingerprint density at radius 2 is 1.73 bits per heavy atom. The molecule has 3 aromatic rings. The molecule has 1 aromatic heterocycles. The standard InChI is InChI=1S/C21H21N3O6/c1-27-17-8-12-7-15(24-14(12)10-18(17)28-2)21(26)22-11-20(25)23-13-3-4-16-19(9-13)30-6-5-29-16/h3-4,7-10,24H,5-6,11H2,1-2H3,(H,22,26)(H,23,25). The summed E-state index contributed by atoms with van der Waals surface area (Å²) in [5, 5.41) is 6.11. The van der Waals surface area contributed by atoms with E-state index in [9.17, 15) is 9.59 Å². The Labute approximate surface area is 172 Å². The van der Waals surface area contributed by atoms with E-state index in [-0.39, 0.29) is 12.5 Å². The number of aromatic amines is 1. The van der Waals surface area contributed by atoms with E-state index < -0.39 is 5.91 Å². The molecule has 1 aliphatic heterocycles. The number of nitrogens with one attached hydrogen (secondary N) is 3. The predicted molar refractivity (Wildman–Crippen MR) is 110 cm³/mol. The number of benzene rings is 2. The van der Waals surface area contributed by atoms with Crippen molar-refractivity contribution in [2.45, 2.75) is 0 Å². The Morgan fingerprint density at radius 3 is 2.50 bits per heavy atom. The maximum absolute atomic E-state index is 12.5. The van der Waals surface area contributed by atoms with Gasteiger partial charge >= 0.3 is 0 Å². The average Bonchev–Trinajstić information content (AvgIpc) is 3.19. The van der Waals surface area contributed by atoms with Crippen LogP contribution < -0.4 is 29.6 Å². The number of hydrogen-bond donors (Lipinski definition) is 3. The maximum Gasteiger partial charge on any atom is 0.268 e. The van der Waals surface area contributed by atoms with Crippen molar-refractivity contribution in [3.8, 4) is 23.0 Å². The third-order valence-corrected chi connectivity index (χ3v) is 4.60. The fourth-order valence-electron chi connectivity index (χ4n) is 3.16. The Morgan fingerprint density at radius 1 is 1.00 bits per heavy atom. The zero-order chi connectivity index (χ0) is 21.1. The first-order valence-corrected chi connectivity index (χ1v) is 9.30. The minimum absolute atomic E-state index is 0.185. The minimum Gasteiger partial charge on any atom is -0.493 e. The second-order valence-electron chi connectivity index (χ2n) is 6.57. The molecule has 0 atom stereocenters. The van der Waals surface area contributed by atoms with Crippen molar-refractivity contribution in [3.05, 3.63) is 42.1 Å². The monoisotopic (exact) mass is 411 g/mol. The summed E-state index contributed by atoms with van der Waals surface area (Å²) in [6.07, 6.45) is 0. The summed E-state index contributed by atoms with van der Waals surface area (Å²) in [7, 11) is 3.09. The van der Waals surface area contributed by atoms with Crippen LogP contribution in [0.3, 0.4) is 0 Å². The Bertz CT molecular complexity index is 1070. The van der Waals surface area contributed by atoms with Crippen LogP contribution >= 0.6 is 0 Å². The van der Waals surface area contributed by atoms with E-state index in [0.29, 0.717) is 47.6 Å². The second kappa shape index (κ2) is 8.24. The Hall–Kier alpha value is -3.88. The molecule has 0 radical (unpaired) electrons. The number of aromatic nitrogens is 1. The topological polar surface area (TPSA) is 111 Å². The lowest BCUT2D eigenvalue weighted by Gasteiger charge is -2.19. The highest BCUT2D eigenvalue weighted by Crippen LogP contribution is 2.33. The molecule has 2 heterocycles. The van der Waals surface area contributed by atoms with Crippen LogP contribution in [0.25, 0.3) is 10.9 Å². The number of fused-ring (bicyclic) bond motifs is 2. The highest BCUT2D eigenvalue weighted by Gasteiger charge is 2.15. The van der Waals surface area contributed by atoms with Crippen molar-refractivity contribution in [1.82, 2.24) is 10.3 Å². The van der Waals surface area contributed by atoms with E-state index in [4.69, 9.17) is 18.9 Å². The number of H-pyrrole nitrogens is 1. The lowest BCUT2D eigenvalue weighted by Crippen LogP contribution is -2.33. The van der Waals surface area contributed by atoms with Gasteiger partial charge in [0.15, 0.2) is 23.0 Å². The summed E-state index contributed by atoms with van der Waals surface area (Å²) in [5.41, 5.74) is 1.61. The van der Waals surface area contributed by atoms with Crippen molar-refractivity contribution < 1.29 is 28.5 Å². The fraction of sp³-hybridized carbons (Fsp3) is 0.238. The van der Waals surface area contributed by atoms with Gasteiger partial charge in [-0.3, -0.25) is 9.59 Å².